The standard InChI is InChI=1S/C21H19NO4/c1-2-25-20(24)17-16-10-11-21(26-16)12-22(19(23)18(17)21)15-9-5-7-13-6-3-4-8-14(13)15/h3-11,16-18H,2,12H2,1H3/t16-,17-,18+,21-/m1/s1. The fourth-order valence-corrected chi connectivity index (χ4v) is 4.65. The van der Waals surface area contributed by atoms with Crippen LogP contribution in [0.2, 0.25) is 0 Å². The van der Waals surface area contributed by atoms with Crippen LogP contribution in [0.15, 0.2) is 54.6 Å². The van der Waals surface area contributed by atoms with Crippen LogP contribution in [0.25, 0.3) is 10.8 Å². The molecule has 1 amide bonds. The molecule has 2 bridgehead atoms. The van der Waals surface area contributed by atoms with Crippen molar-refractivity contribution >= 4 is 28.3 Å². The van der Waals surface area contributed by atoms with Gasteiger partial charge in [-0.3, -0.25) is 9.59 Å². The fourth-order valence-electron chi connectivity index (χ4n) is 4.65. The van der Waals surface area contributed by atoms with Crippen LogP contribution in [0.5, 0.6) is 0 Å². The van der Waals surface area contributed by atoms with Crippen molar-refractivity contribution in [2.75, 3.05) is 18.1 Å². The van der Waals surface area contributed by atoms with E-state index in [1.807, 2.05) is 54.6 Å². The number of anilines is 1. The number of carbonyl (C=O) groups excluding carboxylic acids is 2. The SMILES string of the molecule is CCOC(=O)[C@H]1[C@H]2C(=O)N(c3cccc4ccccc34)C[C@]23C=C[C@H]1O3. The van der Waals surface area contributed by atoms with Gasteiger partial charge in [0.05, 0.1) is 30.9 Å². The zero-order valence-electron chi connectivity index (χ0n) is 14.4. The summed E-state index contributed by atoms with van der Waals surface area (Å²) >= 11 is 0. The van der Waals surface area contributed by atoms with Crippen molar-refractivity contribution in [1.82, 2.24) is 0 Å². The van der Waals surface area contributed by atoms with Crippen molar-refractivity contribution in [2.45, 2.75) is 18.6 Å². The molecule has 0 aliphatic carbocycles. The normalized spacial score (nSPS) is 31.7. The highest BCUT2D eigenvalue weighted by atomic mass is 16.6. The van der Waals surface area contributed by atoms with Crippen molar-refractivity contribution in [1.29, 1.82) is 0 Å². The molecule has 4 atom stereocenters. The summed E-state index contributed by atoms with van der Waals surface area (Å²) < 4.78 is 11.3. The molecule has 0 saturated carbocycles. The van der Waals surface area contributed by atoms with Crippen LogP contribution in [0, 0.1) is 11.8 Å². The van der Waals surface area contributed by atoms with Gasteiger partial charge in [-0.15, -0.1) is 0 Å². The van der Waals surface area contributed by atoms with Gasteiger partial charge in [0.1, 0.15) is 11.5 Å². The second kappa shape index (κ2) is 5.42. The van der Waals surface area contributed by atoms with Crippen LogP contribution < -0.4 is 4.90 Å². The van der Waals surface area contributed by atoms with E-state index in [2.05, 4.69) is 0 Å². The molecule has 5 rings (SSSR count). The number of rotatable bonds is 3. The Morgan fingerprint density at radius 2 is 2.08 bits per heavy atom. The molecule has 3 aliphatic heterocycles. The van der Waals surface area contributed by atoms with Gasteiger partial charge >= 0.3 is 5.97 Å². The number of ether oxygens (including phenoxy) is 2. The molecule has 132 valence electrons. The number of hydrogen-bond donors (Lipinski definition) is 0. The minimum atomic E-state index is -0.726. The molecule has 0 unspecified atom stereocenters. The van der Waals surface area contributed by atoms with Crippen molar-refractivity contribution in [3.05, 3.63) is 54.6 Å². The zero-order valence-corrected chi connectivity index (χ0v) is 14.4. The van der Waals surface area contributed by atoms with Crippen LogP contribution >= 0.6 is 0 Å². The molecule has 5 heteroatoms. The Bertz CT molecular complexity index is 947. The smallest absolute Gasteiger partial charge is 0.312 e. The number of esters is 1. The Kier molecular flexibility index (Phi) is 3.25. The van der Waals surface area contributed by atoms with E-state index in [4.69, 9.17) is 9.47 Å². The van der Waals surface area contributed by atoms with E-state index in [0.29, 0.717) is 13.2 Å². The van der Waals surface area contributed by atoms with Gasteiger partial charge in [-0.1, -0.05) is 48.6 Å². The topological polar surface area (TPSA) is 55.8 Å². The average molecular weight is 349 g/mol. The monoisotopic (exact) mass is 349 g/mol. The maximum atomic E-state index is 13.3. The highest BCUT2D eigenvalue weighted by Crippen LogP contribution is 2.53. The molecular formula is C21H19NO4. The van der Waals surface area contributed by atoms with Crippen molar-refractivity contribution in [3.8, 4) is 0 Å². The maximum Gasteiger partial charge on any atom is 0.312 e. The van der Waals surface area contributed by atoms with Gasteiger partial charge in [0, 0.05) is 5.39 Å². The van der Waals surface area contributed by atoms with Crippen LogP contribution in [0.3, 0.4) is 0 Å². The van der Waals surface area contributed by atoms with Crippen LogP contribution in [0.4, 0.5) is 5.69 Å². The van der Waals surface area contributed by atoms with Crippen LogP contribution in [0.1, 0.15) is 6.92 Å². The van der Waals surface area contributed by atoms with Gasteiger partial charge in [-0.25, -0.2) is 0 Å². The van der Waals surface area contributed by atoms with E-state index >= 15 is 0 Å². The predicted octanol–water partition coefficient (Wildman–Crippen LogP) is 2.69. The molecule has 2 aromatic carbocycles. The molecular weight excluding hydrogens is 330 g/mol. The molecule has 5 nitrogen and oxygen atoms in total. The molecule has 0 radical (unpaired) electrons. The summed E-state index contributed by atoms with van der Waals surface area (Å²) in [4.78, 5) is 27.6. The van der Waals surface area contributed by atoms with Crippen LogP contribution in [-0.2, 0) is 19.1 Å². The minimum Gasteiger partial charge on any atom is -0.466 e. The molecule has 2 fully saturated rings. The summed E-state index contributed by atoms with van der Waals surface area (Å²) in [6, 6.07) is 13.9. The Morgan fingerprint density at radius 1 is 1.27 bits per heavy atom. The first kappa shape index (κ1) is 15.6. The lowest BCUT2D eigenvalue weighted by molar-refractivity contribution is -0.151. The van der Waals surface area contributed by atoms with E-state index in [0.717, 1.165) is 16.5 Å². The number of hydrogen-bond acceptors (Lipinski definition) is 4. The van der Waals surface area contributed by atoms with E-state index in [9.17, 15) is 9.59 Å². The Morgan fingerprint density at radius 3 is 2.92 bits per heavy atom. The third-order valence-electron chi connectivity index (χ3n) is 5.72. The zero-order chi connectivity index (χ0) is 17.9. The molecule has 1 spiro atoms. The summed E-state index contributed by atoms with van der Waals surface area (Å²) in [7, 11) is 0. The highest BCUT2D eigenvalue weighted by molar-refractivity contribution is 6.08. The number of nitrogens with zero attached hydrogens (tertiary/aromatic N) is 1. The second-order valence-electron chi connectivity index (χ2n) is 7.07. The lowest BCUT2D eigenvalue weighted by Gasteiger charge is -2.22. The molecule has 0 N–H and O–H groups in total. The summed E-state index contributed by atoms with van der Waals surface area (Å²) in [5.41, 5.74) is 0.135. The molecule has 2 saturated heterocycles. The van der Waals surface area contributed by atoms with E-state index in [-0.39, 0.29) is 18.0 Å². The lowest BCUT2D eigenvalue weighted by atomic mass is 9.77. The number of fused-ring (bicyclic) bond motifs is 2. The second-order valence-corrected chi connectivity index (χ2v) is 7.07. The fraction of sp³-hybridized carbons (Fsp3) is 0.333. The molecule has 3 heterocycles. The highest BCUT2D eigenvalue weighted by Gasteiger charge is 2.67. The molecule has 26 heavy (non-hydrogen) atoms. The average Bonchev–Trinajstić information content (AvgIpc) is 3.30. The Hall–Kier alpha value is -2.66. The van der Waals surface area contributed by atoms with E-state index in [1.165, 1.54) is 0 Å². The lowest BCUT2D eigenvalue weighted by Crippen LogP contribution is -2.40. The summed E-state index contributed by atoms with van der Waals surface area (Å²) in [6.45, 7) is 2.50. The van der Waals surface area contributed by atoms with E-state index < -0.39 is 17.4 Å². The predicted molar refractivity (Wildman–Crippen MR) is 96.7 cm³/mol. The van der Waals surface area contributed by atoms with Gasteiger partial charge in [0.15, 0.2) is 0 Å². The molecule has 3 aliphatic rings. The summed E-state index contributed by atoms with van der Waals surface area (Å²) in [5, 5.41) is 2.10. The minimum absolute atomic E-state index is 0.0637. The third kappa shape index (κ3) is 1.95. The number of carbonyl (C=O) groups is 2. The number of amides is 1. The molecule has 0 aromatic heterocycles. The Balaban J connectivity index is 1.58. The molecule has 2 aromatic rings. The first-order valence-electron chi connectivity index (χ1n) is 8.97. The van der Waals surface area contributed by atoms with E-state index in [1.54, 1.807) is 11.8 Å². The quantitative estimate of drug-likeness (QED) is 0.631. The van der Waals surface area contributed by atoms with Crippen molar-refractivity contribution in [2.24, 2.45) is 11.8 Å². The Labute approximate surface area is 151 Å². The summed E-state index contributed by atoms with van der Waals surface area (Å²) in [5.74, 6) is -1.49. The summed E-state index contributed by atoms with van der Waals surface area (Å²) in [6.07, 6.45) is 3.50. The third-order valence-corrected chi connectivity index (χ3v) is 5.72. The van der Waals surface area contributed by atoms with Gasteiger partial charge in [-0.2, -0.15) is 0 Å². The number of benzene rings is 2. The van der Waals surface area contributed by atoms with Crippen LogP contribution in [-0.4, -0.2) is 36.7 Å². The maximum absolute atomic E-state index is 13.3. The van der Waals surface area contributed by atoms with Crippen molar-refractivity contribution in [3.63, 3.8) is 0 Å². The van der Waals surface area contributed by atoms with Gasteiger partial charge in [-0.05, 0) is 18.4 Å². The van der Waals surface area contributed by atoms with Gasteiger partial charge in [0.25, 0.3) is 0 Å². The van der Waals surface area contributed by atoms with Gasteiger partial charge < -0.3 is 14.4 Å². The first-order chi connectivity index (χ1) is 12.6. The first-order valence-corrected chi connectivity index (χ1v) is 8.97. The van der Waals surface area contributed by atoms with Gasteiger partial charge in [0.2, 0.25) is 5.91 Å². The van der Waals surface area contributed by atoms with Crippen molar-refractivity contribution < 1.29 is 19.1 Å². The largest absolute Gasteiger partial charge is 0.466 e.